The van der Waals surface area contributed by atoms with Gasteiger partial charge in [-0.05, 0) is 36.1 Å². The molecule has 0 aliphatic heterocycles. The van der Waals surface area contributed by atoms with E-state index in [1.807, 2.05) is 12.1 Å². The maximum absolute atomic E-state index is 12.6. The molecule has 0 spiro atoms. The summed E-state index contributed by atoms with van der Waals surface area (Å²) in [5, 5.41) is 5.49. The van der Waals surface area contributed by atoms with E-state index in [1.54, 1.807) is 6.07 Å². The lowest BCUT2D eigenvalue weighted by molar-refractivity contribution is 0.151. The van der Waals surface area contributed by atoms with Gasteiger partial charge in [-0.2, -0.15) is 0 Å². The largest absolute Gasteiger partial charge is 0.334 e. The predicted octanol–water partition coefficient (Wildman–Crippen LogP) is 3.91. The molecule has 0 saturated heterocycles. The van der Waals surface area contributed by atoms with Crippen LogP contribution in [0.3, 0.4) is 0 Å². The fourth-order valence-corrected chi connectivity index (χ4v) is 2.77. The second kappa shape index (κ2) is 6.13. The molecule has 2 aromatic rings. The molecule has 3 nitrogen and oxygen atoms in total. The number of hydrogen-bond donors (Lipinski definition) is 2. The molecular weight excluding hydrogens is 286 g/mol. The molecule has 1 aliphatic rings. The van der Waals surface area contributed by atoms with Crippen molar-refractivity contribution in [1.82, 2.24) is 5.32 Å². The van der Waals surface area contributed by atoms with Crippen LogP contribution in [0.5, 0.6) is 0 Å². The van der Waals surface area contributed by atoms with Gasteiger partial charge in [0.2, 0.25) is 0 Å². The average molecular weight is 302 g/mol. The molecule has 2 amide bonds. The molecule has 0 unspecified atom stereocenters. The Morgan fingerprint density at radius 3 is 2.36 bits per heavy atom. The average Bonchev–Trinajstić information content (AvgIpc) is 2.89. The number of rotatable bonds is 3. The number of hydrogen-bond acceptors (Lipinski definition) is 1. The monoisotopic (exact) mass is 302 g/mol. The second-order valence-electron chi connectivity index (χ2n) is 5.40. The van der Waals surface area contributed by atoms with Crippen LogP contribution in [0.15, 0.2) is 48.5 Å². The van der Waals surface area contributed by atoms with E-state index in [0.717, 1.165) is 12.8 Å². The Morgan fingerprint density at radius 2 is 1.73 bits per heavy atom. The van der Waals surface area contributed by atoms with Crippen LogP contribution in [0.4, 0.5) is 19.3 Å². The lowest BCUT2D eigenvalue weighted by Crippen LogP contribution is -2.38. The minimum atomic E-state index is -2.55. The first-order chi connectivity index (χ1) is 10.6. The summed E-state index contributed by atoms with van der Waals surface area (Å²) < 4.78 is 25.3. The molecule has 3 rings (SSSR count). The van der Waals surface area contributed by atoms with Gasteiger partial charge in [-0.15, -0.1) is 0 Å². The number of anilines is 1. The standard InChI is InChI=1S/C17H16F2N2O/c18-16(19)13-6-3-7-14(10-13)20-17(22)21-15-8-11-4-1-2-5-12(11)9-15/h1-7,10,15-16H,8-9H2,(H2,20,21,22). The number of fused-ring (bicyclic) bond motifs is 1. The number of alkyl halides is 2. The lowest BCUT2D eigenvalue weighted by Gasteiger charge is -2.13. The molecule has 0 heterocycles. The summed E-state index contributed by atoms with van der Waals surface area (Å²) in [6, 6.07) is 13.5. The minimum Gasteiger partial charge on any atom is -0.334 e. The number of halogens is 2. The molecule has 0 atom stereocenters. The summed E-state index contributed by atoms with van der Waals surface area (Å²) in [5.41, 5.74) is 2.75. The number of carbonyl (C=O) groups is 1. The Hall–Kier alpha value is -2.43. The van der Waals surface area contributed by atoms with Gasteiger partial charge in [0, 0.05) is 17.3 Å². The number of nitrogens with one attached hydrogen (secondary N) is 2. The lowest BCUT2D eigenvalue weighted by atomic mass is 10.1. The maximum Gasteiger partial charge on any atom is 0.319 e. The Morgan fingerprint density at radius 1 is 1.05 bits per heavy atom. The SMILES string of the molecule is O=C(Nc1cccc(C(F)F)c1)NC1Cc2ccccc2C1. The summed E-state index contributed by atoms with van der Waals surface area (Å²) in [5.74, 6) is 0. The van der Waals surface area contributed by atoms with Crippen molar-refractivity contribution in [1.29, 1.82) is 0 Å². The van der Waals surface area contributed by atoms with Crippen LogP contribution < -0.4 is 10.6 Å². The van der Waals surface area contributed by atoms with Crippen molar-refractivity contribution >= 4 is 11.7 Å². The first-order valence-corrected chi connectivity index (χ1v) is 7.14. The molecule has 0 bridgehead atoms. The first-order valence-electron chi connectivity index (χ1n) is 7.14. The third kappa shape index (κ3) is 3.24. The van der Waals surface area contributed by atoms with Crippen molar-refractivity contribution in [2.24, 2.45) is 0 Å². The van der Waals surface area contributed by atoms with Crippen molar-refractivity contribution in [2.75, 3.05) is 5.32 Å². The van der Waals surface area contributed by atoms with Crippen LogP contribution in [-0.2, 0) is 12.8 Å². The zero-order chi connectivity index (χ0) is 15.5. The quantitative estimate of drug-likeness (QED) is 0.886. The zero-order valence-corrected chi connectivity index (χ0v) is 11.9. The molecule has 1 aliphatic carbocycles. The highest BCUT2D eigenvalue weighted by Crippen LogP contribution is 2.23. The van der Waals surface area contributed by atoms with Gasteiger partial charge in [0.05, 0.1) is 0 Å². The number of amides is 2. The Kier molecular flexibility index (Phi) is 4.04. The smallest absolute Gasteiger partial charge is 0.319 e. The summed E-state index contributed by atoms with van der Waals surface area (Å²) in [7, 11) is 0. The third-order valence-electron chi connectivity index (χ3n) is 3.78. The van der Waals surface area contributed by atoms with Crippen molar-refractivity contribution in [3.05, 3.63) is 65.2 Å². The molecule has 2 N–H and O–H groups in total. The third-order valence-corrected chi connectivity index (χ3v) is 3.78. The number of benzene rings is 2. The van der Waals surface area contributed by atoms with Gasteiger partial charge in [0.1, 0.15) is 0 Å². The summed E-state index contributed by atoms with van der Waals surface area (Å²) in [6.07, 6.45) is -0.962. The van der Waals surface area contributed by atoms with E-state index >= 15 is 0 Å². The minimum absolute atomic E-state index is 0.0377. The van der Waals surface area contributed by atoms with Crippen molar-refractivity contribution in [3.63, 3.8) is 0 Å². The van der Waals surface area contributed by atoms with Crippen LogP contribution in [0.25, 0.3) is 0 Å². The van der Waals surface area contributed by atoms with E-state index < -0.39 is 6.43 Å². The highest BCUT2D eigenvalue weighted by atomic mass is 19.3. The molecule has 2 aromatic carbocycles. The molecule has 0 saturated carbocycles. The molecule has 0 aromatic heterocycles. The molecule has 0 radical (unpaired) electrons. The van der Waals surface area contributed by atoms with E-state index in [2.05, 4.69) is 22.8 Å². The van der Waals surface area contributed by atoms with Gasteiger partial charge < -0.3 is 10.6 Å². The maximum atomic E-state index is 12.6. The van der Waals surface area contributed by atoms with Crippen LogP contribution in [0, 0.1) is 0 Å². The molecule has 22 heavy (non-hydrogen) atoms. The fraction of sp³-hybridized carbons (Fsp3) is 0.235. The summed E-state index contributed by atoms with van der Waals surface area (Å²) in [6.45, 7) is 0. The molecule has 0 fully saturated rings. The van der Waals surface area contributed by atoms with E-state index in [-0.39, 0.29) is 17.6 Å². The van der Waals surface area contributed by atoms with Crippen molar-refractivity contribution < 1.29 is 13.6 Å². The van der Waals surface area contributed by atoms with E-state index in [4.69, 9.17) is 0 Å². The predicted molar refractivity (Wildman–Crippen MR) is 81.2 cm³/mol. The number of urea groups is 1. The highest BCUT2D eigenvalue weighted by Gasteiger charge is 2.22. The summed E-state index contributed by atoms with van der Waals surface area (Å²) >= 11 is 0. The second-order valence-corrected chi connectivity index (χ2v) is 5.40. The van der Waals surface area contributed by atoms with Crippen LogP contribution in [0.1, 0.15) is 23.1 Å². The van der Waals surface area contributed by atoms with Gasteiger partial charge in [-0.1, -0.05) is 36.4 Å². The summed E-state index contributed by atoms with van der Waals surface area (Å²) in [4.78, 5) is 12.0. The Labute approximate surface area is 127 Å². The van der Waals surface area contributed by atoms with Crippen molar-refractivity contribution in [2.45, 2.75) is 25.3 Å². The van der Waals surface area contributed by atoms with E-state index in [1.165, 1.54) is 29.3 Å². The topological polar surface area (TPSA) is 41.1 Å². The molecule has 114 valence electrons. The van der Waals surface area contributed by atoms with E-state index in [9.17, 15) is 13.6 Å². The van der Waals surface area contributed by atoms with Gasteiger partial charge >= 0.3 is 6.03 Å². The highest BCUT2D eigenvalue weighted by molar-refractivity contribution is 5.89. The van der Waals surface area contributed by atoms with Crippen LogP contribution in [-0.4, -0.2) is 12.1 Å². The van der Waals surface area contributed by atoms with Gasteiger partial charge in [-0.25, -0.2) is 13.6 Å². The zero-order valence-electron chi connectivity index (χ0n) is 11.9. The Balaban J connectivity index is 1.59. The fourth-order valence-electron chi connectivity index (χ4n) is 2.77. The number of carbonyl (C=O) groups excluding carboxylic acids is 1. The van der Waals surface area contributed by atoms with Crippen molar-refractivity contribution in [3.8, 4) is 0 Å². The normalized spacial score (nSPS) is 14.0. The van der Waals surface area contributed by atoms with Crippen LogP contribution >= 0.6 is 0 Å². The van der Waals surface area contributed by atoms with Gasteiger partial charge in [0.25, 0.3) is 6.43 Å². The van der Waals surface area contributed by atoms with E-state index in [0.29, 0.717) is 5.69 Å². The van der Waals surface area contributed by atoms with Crippen LogP contribution in [0.2, 0.25) is 0 Å². The Bertz CT molecular complexity index is 663. The van der Waals surface area contributed by atoms with Gasteiger partial charge in [-0.3, -0.25) is 0 Å². The molecular formula is C17H16F2N2O. The van der Waals surface area contributed by atoms with Gasteiger partial charge in [0.15, 0.2) is 0 Å². The first kappa shape index (κ1) is 14.5. The molecule has 5 heteroatoms.